The molecule has 0 radical (unpaired) electrons. The van der Waals surface area contributed by atoms with Crippen LogP contribution in [0.4, 0.5) is 5.69 Å². The minimum absolute atomic E-state index is 0.0746. The lowest BCUT2D eigenvalue weighted by atomic mass is 10.1. The molecule has 0 saturated heterocycles. The number of hydrogen-bond donors (Lipinski definition) is 1. The zero-order valence-corrected chi connectivity index (χ0v) is 27.0. The van der Waals surface area contributed by atoms with Crippen LogP contribution in [0, 0.1) is 6.92 Å². The van der Waals surface area contributed by atoms with Crippen LogP contribution in [0.5, 0.6) is 5.75 Å². The van der Waals surface area contributed by atoms with Gasteiger partial charge in [0.25, 0.3) is 10.0 Å². The van der Waals surface area contributed by atoms with Crippen LogP contribution in [0.1, 0.15) is 45.2 Å². The smallest absolute Gasteiger partial charge is 0.264 e. The molecule has 0 aliphatic carbocycles. The number of sulfonamides is 1. The van der Waals surface area contributed by atoms with Crippen LogP contribution >= 0.6 is 11.8 Å². The summed E-state index contributed by atoms with van der Waals surface area (Å²) in [6, 6.07) is 20.0. The molecule has 8 nitrogen and oxygen atoms in total. The summed E-state index contributed by atoms with van der Waals surface area (Å²) in [7, 11) is -2.57. The SMILES string of the molecule is CC[C@@H](C(=O)NC(C)(C)C)N(Cc1cccc(OC)c1)C(=O)CN(c1ccc(C)cc1)S(=O)(=O)c1ccc(SC)cc1. The third-order valence-corrected chi connectivity index (χ3v) is 9.15. The maximum atomic E-state index is 14.2. The van der Waals surface area contributed by atoms with Gasteiger partial charge >= 0.3 is 0 Å². The van der Waals surface area contributed by atoms with Gasteiger partial charge in [-0.1, -0.05) is 36.8 Å². The lowest BCUT2D eigenvalue weighted by molar-refractivity contribution is -0.141. The van der Waals surface area contributed by atoms with Gasteiger partial charge in [-0.25, -0.2) is 8.42 Å². The number of thioether (sulfide) groups is 1. The summed E-state index contributed by atoms with van der Waals surface area (Å²) in [6.45, 7) is 8.97. The van der Waals surface area contributed by atoms with Gasteiger partial charge in [0.1, 0.15) is 18.3 Å². The average molecular weight is 612 g/mol. The van der Waals surface area contributed by atoms with Gasteiger partial charge in [-0.05, 0) is 94.5 Å². The number of nitrogens with zero attached hydrogens (tertiary/aromatic N) is 2. The normalized spacial score (nSPS) is 12.4. The molecular weight excluding hydrogens is 571 g/mol. The molecule has 3 rings (SSSR count). The van der Waals surface area contributed by atoms with Gasteiger partial charge in [0.05, 0.1) is 17.7 Å². The van der Waals surface area contributed by atoms with Crippen LogP contribution in [-0.2, 0) is 26.2 Å². The first kappa shape index (κ1) is 33.0. The Kier molecular flexibility index (Phi) is 11.1. The number of ether oxygens (including phenoxy) is 1. The molecule has 3 aromatic rings. The fourth-order valence-corrected chi connectivity index (χ4v) is 6.28. The highest BCUT2D eigenvalue weighted by Gasteiger charge is 2.34. The minimum atomic E-state index is -4.13. The van der Waals surface area contributed by atoms with Crippen molar-refractivity contribution in [1.29, 1.82) is 0 Å². The molecule has 1 atom stereocenters. The number of methoxy groups -OCH3 is 1. The first-order chi connectivity index (χ1) is 19.8. The fraction of sp³-hybridized carbons (Fsp3) is 0.375. The van der Waals surface area contributed by atoms with Crippen molar-refractivity contribution in [3.63, 3.8) is 0 Å². The zero-order valence-electron chi connectivity index (χ0n) is 25.4. The number of benzene rings is 3. The third-order valence-electron chi connectivity index (χ3n) is 6.62. The van der Waals surface area contributed by atoms with E-state index in [1.807, 2.05) is 53.0 Å². The van der Waals surface area contributed by atoms with Crippen LogP contribution in [0.15, 0.2) is 82.6 Å². The maximum absolute atomic E-state index is 14.2. The second-order valence-corrected chi connectivity index (χ2v) is 13.8. The Balaban J connectivity index is 2.08. The van der Waals surface area contributed by atoms with Crippen molar-refractivity contribution >= 4 is 39.3 Å². The van der Waals surface area contributed by atoms with Crippen molar-refractivity contribution < 1.29 is 22.7 Å². The predicted octanol–water partition coefficient (Wildman–Crippen LogP) is 5.64. The largest absolute Gasteiger partial charge is 0.497 e. The molecule has 1 N–H and O–H groups in total. The van der Waals surface area contributed by atoms with Gasteiger partial charge < -0.3 is 15.0 Å². The van der Waals surface area contributed by atoms with E-state index in [0.29, 0.717) is 17.9 Å². The number of carbonyl (C=O) groups excluding carboxylic acids is 2. The zero-order chi connectivity index (χ0) is 31.1. The molecule has 3 aromatic carbocycles. The first-order valence-electron chi connectivity index (χ1n) is 13.8. The number of nitrogens with one attached hydrogen (secondary N) is 1. The summed E-state index contributed by atoms with van der Waals surface area (Å²) < 4.78 is 34.5. The molecular formula is C32H41N3O5S2. The molecule has 0 aliphatic heterocycles. The Morgan fingerprint density at radius 3 is 2.19 bits per heavy atom. The van der Waals surface area contributed by atoms with Crippen LogP contribution in [0.3, 0.4) is 0 Å². The second kappa shape index (κ2) is 14.1. The van der Waals surface area contributed by atoms with E-state index in [0.717, 1.165) is 20.3 Å². The summed E-state index contributed by atoms with van der Waals surface area (Å²) in [4.78, 5) is 30.1. The molecule has 0 fully saturated rings. The molecule has 0 unspecified atom stereocenters. The van der Waals surface area contributed by atoms with Crippen LogP contribution < -0.4 is 14.4 Å². The molecule has 0 bridgehead atoms. The van der Waals surface area contributed by atoms with Crippen molar-refractivity contribution in [2.75, 3.05) is 24.2 Å². The van der Waals surface area contributed by atoms with Gasteiger partial charge in [-0.3, -0.25) is 13.9 Å². The van der Waals surface area contributed by atoms with Crippen molar-refractivity contribution in [1.82, 2.24) is 10.2 Å². The maximum Gasteiger partial charge on any atom is 0.264 e. The number of rotatable bonds is 12. The number of anilines is 1. The van der Waals surface area contributed by atoms with E-state index in [1.165, 1.54) is 16.7 Å². The van der Waals surface area contributed by atoms with Crippen molar-refractivity contribution in [3.05, 3.63) is 83.9 Å². The number of hydrogen-bond acceptors (Lipinski definition) is 6. The number of aryl methyl sites for hydroxylation is 1. The van der Waals surface area contributed by atoms with Gasteiger partial charge in [-0.2, -0.15) is 0 Å². The summed E-state index contributed by atoms with van der Waals surface area (Å²) in [5.74, 6) is -0.193. The molecule has 0 saturated carbocycles. The lowest BCUT2D eigenvalue weighted by Gasteiger charge is -2.34. The Labute approximate surface area is 254 Å². The van der Waals surface area contributed by atoms with Gasteiger partial charge in [0.15, 0.2) is 0 Å². The predicted molar refractivity (Wildman–Crippen MR) is 169 cm³/mol. The lowest BCUT2D eigenvalue weighted by Crippen LogP contribution is -2.55. The van der Waals surface area contributed by atoms with Crippen LogP contribution in [-0.4, -0.2) is 56.6 Å². The molecule has 0 spiro atoms. The Morgan fingerprint density at radius 2 is 1.64 bits per heavy atom. The van der Waals surface area contributed by atoms with Crippen molar-refractivity contribution in [3.8, 4) is 5.75 Å². The van der Waals surface area contributed by atoms with Gasteiger partial charge in [0, 0.05) is 17.0 Å². The molecule has 226 valence electrons. The van der Waals surface area contributed by atoms with Gasteiger partial charge in [-0.15, -0.1) is 11.8 Å². The van der Waals surface area contributed by atoms with Crippen molar-refractivity contribution in [2.45, 2.75) is 69.0 Å². The van der Waals surface area contributed by atoms with E-state index in [-0.39, 0.29) is 17.3 Å². The monoisotopic (exact) mass is 611 g/mol. The third kappa shape index (κ3) is 8.51. The van der Waals surface area contributed by atoms with E-state index in [9.17, 15) is 18.0 Å². The Morgan fingerprint density at radius 1 is 1.00 bits per heavy atom. The minimum Gasteiger partial charge on any atom is -0.497 e. The van der Waals surface area contributed by atoms with E-state index < -0.39 is 34.1 Å². The highest BCUT2D eigenvalue weighted by atomic mass is 32.2. The fourth-order valence-electron chi connectivity index (χ4n) is 4.45. The molecule has 2 amide bonds. The molecule has 0 aliphatic rings. The number of amides is 2. The quantitative estimate of drug-likeness (QED) is 0.266. The first-order valence-corrected chi connectivity index (χ1v) is 16.4. The number of carbonyl (C=O) groups is 2. The van der Waals surface area contributed by atoms with E-state index in [1.54, 1.807) is 67.8 Å². The van der Waals surface area contributed by atoms with Crippen LogP contribution in [0.2, 0.25) is 0 Å². The molecule has 0 aromatic heterocycles. The Bertz CT molecular complexity index is 1470. The molecule has 10 heteroatoms. The second-order valence-electron chi connectivity index (χ2n) is 11.1. The molecule has 42 heavy (non-hydrogen) atoms. The Hall–Kier alpha value is -3.50. The summed E-state index contributed by atoms with van der Waals surface area (Å²) >= 11 is 1.51. The topological polar surface area (TPSA) is 96.0 Å². The standard InChI is InChI=1S/C32H41N3O5S2/c1-8-29(31(37)33-32(3,4)5)34(21-24-10-9-11-26(20-24)40-6)30(36)22-35(25-14-12-23(2)13-15-25)42(38,39)28-18-16-27(41-7)17-19-28/h9-20,29H,8,21-22H2,1-7H3,(H,33,37)/t29-/m0/s1. The van der Waals surface area contributed by atoms with E-state index in [4.69, 9.17) is 4.74 Å². The van der Waals surface area contributed by atoms with Gasteiger partial charge in [0.2, 0.25) is 11.8 Å². The summed E-state index contributed by atoms with van der Waals surface area (Å²) in [6.07, 6.45) is 2.25. The van der Waals surface area contributed by atoms with Crippen molar-refractivity contribution in [2.24, 2.45) is 0 Å². The average Bonchev–Trinajstić information content (AvgIpc) is 2.95. The van der Waals surface area contributed by atoms with E-state index >= 15 is 0 Å². The summed E-state index contributed by atoms with van der Waals surface area (Å²) in [5, 5.41) is 2.98. The van der Waals surface area contributed by atoms with E-state index in [2.05, 4.69) is 5.32 Å². The van der Waals surface area contributed by atoms with Crippen LogP contribution in [0.25, 0.3) is 0 Å². The molecule has 0 heterocycles. The summed E-state index contributed by atoms with van der Waals surface area (Å²) in [5.41, 5.74) is 1.55. The highest BCUT2D eigenvalue weighted by molar-refractivity contribution is 7.98. The highest BCUT2D eigenvalue weighted by Crippen LogP contribution is 2.27.